The van der Waals surface area contributed by atoms with Crippen LogP contribution in [0, 0.1) is 0 Å². The van der Waals surface area contributed by atoms with Gasteiger partial charge < -0.3 is 11.2 Å². The molecule has 0 saturated heterocycles. The van der Waals surface area contributed by atoms with Crippen LogP contribution in [0.2, 0.25) is 10.0 Å². The normalized spacial score (nSPS) is 12.9. The van der Waals surface area contributed by atoms with Crippen molar-refractivity contribution in [1.82, 2.24) is 14.9 Å². The Kier molecular flexibility index (Phi) is 5.67. The fourth-order valence-electron chi connectivity index (χ4n) is 1.95. The van der Waals surface area contributed by atoms with E-state index in [1.54, 1.807) is 25.1 Å². The molecular formula is C15H19Cl2N5OS. The van der Waals surface area contributed by atoms with E-state index in [0.29, 0.717) is 26.7 Å². The molecule has 2 rings (SSSR count). The van der Waals surface area contributed by atoms with Crippen molar-refractivity contribution < 1.29 is 4.79 Å². The lowest BCUT2D eigenvalue weighted by Gasteiger charge is -2.17. The number of amides is 1. The fourth-order valence-corrected chi connectivity index (χ4v) is 3.25. The van der Waals surface area contributed by atoms with Crippen molar-refractivity contribution in [3.63, 3.8) is 0 Å². The fraction of sp³-hybridized carbons (Fsp3) is 0.400. The molecule has 2 aromatic rings. The maximum atomic E-state index is 12.3. The number of carbonyl (C=O) groups excluding carboxylic acids is 1. The van der Waals surface area contributed by atoms with Crippen molar-refractivity contribution in [3.05, 3.63) is 34.1 Å². The van der Waals surface area contributed by atoms with Crippen LogP contribution in [0.5, 0.6) is 0 Å². The Labute approximate surface area is 155 Å². The lowest BCUT2D eigenvalue weighted by Crippen LogP contribution is -2.26. The van der Waals surface area contributed by atoms with Gasteiger partial charge in [-0.05, 0) is 25.1 Å². The highest BCUT2D eigenvalue weighted by molar-refractivity contribution is 8.00. The van der Waals surface area contributed by atoms with Gasteiger partial charge in [-0.2, -0.15) is 0 Å². The van der Waals surface area contributed by atoms with Crippen LogP contribution in [0.3, 0.4) is 0 Å². The quantitative estimate of drug-likeness (QED) is 0.616. The van der Waals surface area contributed by atoms with E-state index in [9.17, 15) is 4.79 Å². The van der Waals surface area contributed by atoms with E-state index >= 15 is 0 Å². The summed E-state index contributed by atoms with van der Waals surface area (Å²) in [4.78, 5) is 12.3. The topological polar surface area (TPSA) is 85.8 Å². The van der Waals surface area contributed by atoms with Crippen molar-refractivity contribution in [3.8, 4) is 0 Å². The number of halogens is 2. The van der Waals surface area contributed by atoms with E-state index in [2.05, 4.69) is 15.5 Å². The summed E-state index contributed by atoms with van der Waals surface area (Å²) in [7, 11) is 0. The number of anilines is 1. The van der Waals surface area contributed by atoms with Gasteiger partial charge >= 0.3 is 0 Å². The Balaban J connectivity index is 2.08. The van der Waals surface area contributed by atoms with Gasteiger partial charge in [-0.15, -0.1) is 10.2 Å². The van der Waals surface area contributed by atoms with Gasteiger partial charge in [-0.1, -0.05) is 55.7 Å². The number of thioether (sulfide) groups is 1. The summed E-state index contributed by atoms with van der Waals surface area (Å²) in [5.41, 5.74) is 0.304. The van der Waals surface area contributed by atoms with Crippen molar-refractivity contribution in [2.24, 2.45) is 0 Å². The monoisotopic (exact) mass is 387 g/mol. The third kappa shape index (κ3) is 4.55. The van der Waals surface area contributed by atoms with Gasteiger partial charge in [-0.25, -0.2) is 4.68 Å². The molecule has 6 nitrogen and oxygen atoms in total. The summed E-state index contributed by atoms with van der Waals surface area (Å²) >= 11 is 13.1. The molecule has 0 aliphatic rings. The summed E-state index contributed by atoms with van der Waals surface area (Å²) in [6.07, 6.45) is 0. The number of nitrogen functional groups attached to an aromatic ring is 1. The zero-order chi connectivity index (χ0) is 18.1. The second kappa shape index (κ2) is 7.21. The van der Waals surface area contributed by atoms with Gasteiger partial charge in [0.25, 0.3) is 0 Å². The number of hydrogen-bond acceptors (Lipinski definition) is 5. The number of nitrogens with zero attached hydrogens (tertiary/aromatic N) is 3. The first-order valence-corrected chi connectivity index (χ1v) is 8.86. The van der Waals surface area contributed by atoms with E-state index < -0.39 is 5.25 Å². The van der Waals surface area contributed by atoms with Crippen molar-refractivity contribution in [1.29, 1.82) is 0 Å². The van der Waals surface area contributed by atoms with Crippen molar-refractivity contribution >= 4 is 46.6 Å². The molecule has 24 heavy (non-hydrogen) atoms. The molecule has 0 aliphatic heterocycles. The molecule has 0 aliphatic carbocycles. The van der Waals surface area contributed by atoms with Crippen LogP contribution in [0.1, 0.15) is 33.5 Å². The Morgan fingerprint density at radius 3 is 2.33 bits per heavy atom. The molecule has 0 bridgehead atoms. The van der Waals surface area contributed by atoms with Crippen LogP contribution in [-0.4, -0.2) is 26.0 Å². The van der Waals surface area contributed by atoms with Gasteiger partial charge in [0, 0.05) is 21.1 Å². The molecule has 0 fully saturated rings. The Morgan fingerprint density at radius 1 is 1.25 bits per heavy atom. The molecule has 9 heteroatoms. The number of aromatic nitrogens is 3. The minimum atomic E-state index is -0.429. The maximum absolute atomic E-state index is 12.3. The molecule has 1 amide bonds. The molecular weight excluding hydrogens is 369 g/mol. The average Bonchev–Trinajstić information content (AvgIpc) is 2.78. The van der Waals surface area contributed by atoms with E-state index in [-0.39, 0.29) is 11.3 Å². The highest BCUT2D eigenvalue weighted by atomic mass is 35.5. The van der Waals surface area contributed by atoms with E-state index in [1.165, 1.54) is 16.4 Å². The summed E-state index contributed by atoms with van der Waals surface area (Å²) in [6, 6.07) is 4.86. The largest absolute Gasteiger partial charge is 0.336 e. The number of hydrogen-bond donors (Lipinski definition) is 2. The summed E-state index contributed by atoms with van der Waals surface area (Å²) in [5, 5.41) is 11.9. The van der Waals surface area contributed by atoms with Gasteiger partial charge in [0.1, 0.15) is 0 Å². The van der Waals surface area contributed by atoms with Gasteiger partial charge in [-0.3, -0.25) is 4.79 Å². The third-order valence-corrected chi connectivity index (χ3v) is 4.61. The second-order valence-corrected chi connectivity index (χ2v) is 8.51. The molecule has 1 heterocycles. The number of benzene rings is 1. The Morgan fingerprint density at radius 2 is 1.83 bits per heavy atom. The number of carbonyl (C=O) groups is 1. The van der Waals surface area contributed by atoms with Crippen LogP contribution in [0.25, 0.3) is 0 Å². The molecule has 1 aromatic carbocycles. The zero-order valence-electron chi connectivity index (χ0n) is 13.8. The first kappa shape index (κ1) is 18.9. The second-order valence-electron chi connectivity index (χ2n) is 6.33. The van der Waals surface area contributed by atoms with Gasteiger partial charge in [0.05, 0.1) is 5.25 Å². The third-order valence-electron chi connectivity index (χ3n) is 3.12. The summed E-state index contributed by atoms with van der Waals surface area (Å²) in [6.45, 7) is 7.74. The summed E-state index contributed by atoms with van der Waals surface area (Å²) in [5.74, 6) is 6.48. The first-order chi connectivity index (χ1) is 11.1. The average molecular weight is 388 g/mol. The van der Waals surface area contributed by atoms with Gasteiger partial charge in [0.15, 0.2) is 5.82 Å². The molecule has 3 N–H and O–H groups in total. The lowest BCUT2D eigenvalue weighted by molar-refractivity contribution is -0.115. The van der Waals surface area contributed by atoms with Gasteiger partial charge in [0.2, 0.25) is 11.1 Å². The van der Waals surface area contributed by atoms with Crippen LogP contribution in [-0.2, 0) is 10.2 Å². The molecule has 0 spiro atoms. The number of nitrogens with two attached hydrogens (primary N) is 1. The van der Waals surface area contributed by atoms with Crippen LogP contribution in [0.4, 0.5) is 5.69 Å². The zero-order valence-corrected chi connectivity index (χ0v) is 16.1. The Bertz CT molecular complexity index is 737. The van der Waals surface area contributed by atoms with E-state index in [4.69, 9.17) is 29.0 Å². The van der Waals surface area contributed by atoms with Crippen molar-refractivity contribution in [2.75, 3.05) is 11.2 Å². The number of nitrogens with one attached hydrogen (secondary N) is 1. The molecule has 0 unspecified atom stereocenters. The summed E-state index contributed by atoms with van der Waals surface area (Å²) < 4.78 is 1.42. The molecule has 1 atom stereocenters. The van der Waals surface area contributed by atoms with Crippen molar-refractivity contribution in [2.45, 2.75) is 43.5 Å². The number of rotatable bonds is 4. The molecule has 0 saturated carbocycles. The predicted octanol–water partition coefficient (Wildman–Crippen LogP) is 3.72. The lowest BCUT2D eigenvalue weighted by atomic mass is 9.96. The smallest absolute Gasteiger partial charge is 0.237 e. The molecule has 130 valence electrons. The van der Waals surface area contributed by atoms with E-state index in [1.807, 2.05) is 20.8 Å². The SMILES string of the molecule is C[C@@H](Sc1nnc(C(C)(C)C)n1N)C(=O)Nc1cc(Cl)cc(Cl)c1. The highest BCUT2D eigenvalue weighted by Crippen LogP contribution is 2.27. The standard InChI is InChI=1S/C15H19Cl2N5OS/c1-8(12(23)19-11-6-9(16)5-10(17)7-11)24-14-21-20-13(22(14)18)15(2,3)4/h5-8H,18H2,1-4H3,(H,19,23)/t8-/m1/s1. The van der Waals surface area contributed by atoms with Crippen LogP contribution < -0.4 is 11.2 Å². The van der Waals surface area contributed by atoms with Crippen LogP contribution in [0.15, 0.2) is 23.4 Å². The van der Waals surface area contributed by atoms with Crippen LogP contribution >= 0.6 is 35.0 Å². The maximum Gasteiger partial charge on any atom is 0.237 e. The first-order valence-electron chi connectivity index (χ1n) is 7.22. The predicted molar refractivity (Wildman–Crippen MR) is 99.3 cm³/mol. The molecule has 1 aromatic heterocycles. The highest BCUT2D eigenvalue weighted by Gasteiger charge is 2.25. The minimum Gasteiger partial charge on any atom is -0.336 e. The minimum absolute atomic E-state index is 0.210. The molecule has 0 radical (unpaired) electrons. The van der Waals surface area contributed by atoms with E-state index in [0.717, 1.165) is 0 Å². The Hall–Kier alpha value is -1.44.